The second kappa shape index (κ2) is 3.16. The first kappa shape index (κ1) is 9.55. The summed E-state index contributed by atoms with van der Waals surface area (Å²) >= 11 is 0. The molecule has 0 N–H and O–H groups in total. The first-order chi connectivity index (χ1) is 7.77. The molecule has 0 bridgehead atoms. The van der Waals surface area contributed by atoms with E-state index >= 15 is 0 Å². The van der Waals surface area contributed by atoms with Gasteiger partial charge < -0.3 is 4.74 Å². The summed E-state index contributed by atoms with van der Waals surface area (Å²) in [6.07, 6.45) is 1.83. The van der Waals surface area contributed by atoms with Crippen LogP contribution in [0, 0.1) is 0 Å². The number of benzene rings is 1. The van der Waals surface area contributed by atoms with Crippen molar-refractivity contribution in [2.45, 2.75) is 12.5 Å². The van der Waals surface area contributed by atoms with E-state index in [4.69, 9.17) is 4.74 Å². The van der Waals surface area contributed by atoms with Crippen LogP contribution in [0.5, 0.6) is 0 Å². The van der Waals surface area contributed by atoms with Gasteiger partial charge in [0.25, 0.3) is 0 Å². The SMILES string of the molecule is COC1(C)c2ccccc2-c2ncccc21. The number of hydrogen-bond acceptors (Lipinski definition) is 2. The lowest BCUT2D eigenvalue weighted by atomic mass is 9.94. The highest BCUT2D eigenvalue weighted by molar-refractivity contribution is 5.76. The first-order valence-electron chi connectivity index (χ1n) is 5.38. The van der Waals surface area contributed by atoms with Gasteiger partial charge in [0, 0.05) is 24.4 Å². The van der Waals surface area contributed by atoms with Crippen LogP contribution in [0.2, 0.25) is 0 Å². The van der Waals surface area contributed by atoms with Gasteiger partial charge >= 0.3 is 0 Å². The third-order valence-electron chi connectivity index (χ3n) is 3.43. The molecule has 2 heteroatoms. The predicted octanol–water partition coefficient (Wildman–Crippen LogP) is 2.97. The fraction of sp³-hybridized carbons (Fsp3) is 0.214. The van der Waals surface area contributed by atoms with Crippen molar-refractivity contribution in [2.75, 3.05) is 7.11 Å². The number of fused-ring (bicyclic) bond motifs is 3. The van der Waals surface area contributed by atoms with Gasteiger partial charge in [0.05, 0.1) is 5.69 Å². The lowest BCUT2D eigenvalue weighted by molar-refractivity contribution is 0.0429. The Morgan fingerprint density at radius 3 is 2.62 bits per heavy atom. The first-order valence-corrected chi connectivity index (χ1v) is 5.38. The Morgan fingerprint density at radius 1 is 1.06 bits per heavy atom. The third kappa shape index (κ3) is 1.02. The Labute approximate surface area is 94.9 Å². The largest absolute Gasteiger partial charge is 0.369 e. The maximum absolute atomic E-state index is 5.71. The average Bonchev–Trinajstić information content (AvgIpc) is 2.62. The van der Waals surface area contributed by atoms with Crippen molar-refractivity contribution in [1.29, 1.82) is 0 Å². The summed E-state index contributed by atoms with van der Waals surface area (Å²) in [6, 6.07) is 12.3. The van der Waals surface area contributed by atoms with Crippen LogP contribution in [0.4, 0.5) is 0 Å². The molecule has 1 aromatic heterocycles. The normalized spacial score (nSPS) is 21.6. The molecule has 0 amide bonds. The van der Waals surface area contributed by atoms with Crippen LogP contribution in [0.3, 0.4) is 0 Å². The lowest BCUT2D eigenvalue weighted by Crippen LogP contribution is -2.22. The minimum Gasteiger partial charge on any atom is -0.369 e. The average molecular weight is 211 g/mol. The molecule has 0 radical (unpaired) electrons. The summed E-state index contributed by atoms with van der Waals surface area (Å²) in [6.45, 7) is 2.10. The summed E-state index contributed by atoms with van der Waals surface area (Å²) in [5.74, 6) is 0. The zero-order valence-electron chi connectivity index (χ0n) is 9.40. The number of aromatic nitrogens is 1. The van der Waals surface area contributed by atoms with Crippen molar-refractivity contribution in [3.8, 4) is 11.3 Å². The summed E-state index contributed by atoms with van der Waals surface area (Å²) in [7, 11) is 1.75. The lowest BCUT2D eigenvalue weighted by Gasteiger charge is -2.24. The molecule has 0 aliphatic heterocycles. The zero-order valence-corrected chi connectivity index (χ0v) is 9.40. The third-order valence-corrected chi connectivity index (χ3v) is 3.43. The van der Waals surface area contributed by atoms with Crippen LogP contribution in [0.15, 0.2) is 42.6 Å². The Morgan fingerprint density at radius 2 is 1.81 bits per heavy atom. The van der Waals surface area contributed by atoms with E-state index in [-0.39, 0.29) is 5.60 Å². The molecule has 1 unspecified atom stereocenters. The predicted molar refractivity (Wildman–Crippen MR) is 63.1 cm³/mol. The Hall–Kier alpha value is -1.67. The highest BCUT2D eigenvalue weighted by Crippen LogP contribution is 2.47. The van der Waals surface area contributed by atoms with Gasteiger partial charge in [-0.3, -0.25) is 4.98 Å². The van der Waals surface area contributed by atoms with Gasteiger partial charge in [-0.05, 0) is 18.6 Å². The van der Waals surface area contributed by atoms with Crippen LogP contribution in [0.1, 0.15) is 18.1 Å². The second-order valence-corrected chi connectivity index (χ2v) is 4.18. The van der Waals surface area contributed by atoms with Gasteiger partial charge in [-0.1, -0.05) is 30.3 Å². The fourth-order valence-corrected chi connectivity index (χ4v) is 2.48. The molecule has 1 aliphatic rings. The van der Waals surface area contributed by atoms with E-state index < -0.39 is 0 Å². The monoisotopic (exact) mass is 211 g/mol. The highest BCUT2D eigenvalue weighted by Gasteiger charge is 2.39. The van der Waals surface area contributed by atoms with E-state index in [0.717, 1.165) is 11.3 Å². The number of pyridine rings is 1. The summed E-state index contributed by atoms with van der Waals surface area (Å²) in [5.41, 5.74) is 4.22. The van der Waals surface area contributed by atoms with Crippen molar-refractivity contribution in [2.24, 2.45) is 0 Å². The topological polar surface area (TPSA) is 22.1 Å². The molecule has 0 spiro atoms. The van der Waals surface area contributed by atoms with E-state index in [2.05, 4.69) is 30.1 Å². The quantitative estimate of drug-likeness (QED) is 0.723. The Bertz CT molecular complexity index is 502. The number of ether oxygens (including phenoxy) is 1. The van der Waals surface area contributed by atoms with E-state index in [0.29, 0.717) is 0 Å². The smallest absolute Gasteiger partial charge is 0.118 e. The molecule has 3 rings (SSSR count). The molecule has 2 nitrogen and oxygen atoms in total. The van der Waals surface area contributed by atoms with E-state index in [1.165, 1.54) is 11.1 Å². The van der Waals surface area contributed by atoms with Crippen molar-refractivity contribution >= 4 is 0 Å². The molecule has 0 saturated heterocycles. The van der Waals surface area contributed by atoms with Gasteiger partial charge in [0.15, 0.2) is 0 Å². The zero-order chi connectivity index (χ0) is 11.2. The number of nitrogens with zero attached hydrogens (tertiary/aromatic N) is 1. The van der Waals surface area contributed by atoms with Crippen molar-refractivity contribution < 1.29 is 4.74 Å². The standard InChI is InChI=1S/C14H13NO/c1-14(16-2)11-7-4-3-6-10(11)13-12(14)8-5-9-15-13/h3-9H,1-2H3. The van der Waals surface area contributed by atoms with Gasteiger partial charge in [0.2, 0.25) is 0 Å². The second-order valence-electron chi connectivity index (χ2n) is 4.18. The van der Waals surface area contributed by atoms with Crippen LogP contribution < -0.4 is 0 Å². The van der Waals surface area contributed by atoms with Gasteiger partial charge in [-0.2, -0.15) is 0 Å². The number of methoxy groups -OCH3 is 1. The molecule has 1 atom stereocenters. The van der Waals surface area contributed by atoms with Crippen LogP contribution in [0.25, 0.3) is 11.3 Å². The van der Waals surface area contributed by atoms with Gasteiger partial charge in [0.1, 0.15) is 5.60 Å². The Balaban J connectivity index is 2.39. The molecule has 0 saturated carbocycles. The molecule has 1 heterocycles. The molecule has 1 aromatic carbocycles. The van der Waals surface area contributed by atoms with E-state index in [1.54, 1.807) is 7.11 Å². The van der Waals surface area contributed by atoms with Gasteiger partial charge in [-0.25, -0.2) is 0 Å². The molecule has 1 aliphatic carbocycles. The van der Waals surface area contributed by atoms with Crippen LogP contribution in [-0.2, 0) is 10.3 Å². The summed E-state index contributed by atoms with van der Waals surface area (Å²) in [4.78, 5) is 4.46. The molecule has 16 heavy (non-hydrogen) atoms. The summed E-state index contributed by atoms with van der Waals surface area (Å²) < 4.78 is 5.71. The molecule has 80 valence electrons. The van der Waals surface area contributed by atoms with Crippen LogP contribution in [-0.4, -0.2) is 12.1 Å². The minimum absolute atomic E-state index is 0.361. The fourth-order valence-electron chi connectivity index (χ4n) is 2.48. The molecule has 2 aromatic rings. The maximum Gasteiger partial charge on any atom is 0.118 e. The minimum atomic E-state index is -0.361. The van der Waals surface area contributed by atoms with Gasteiger partial charge in [-0.15, -0.1) is 0 Å². The molecular formula is C14H13NO. The Kier molecular flexibility index (Phi) is 1.88. The van der Waals surface area contributed by atoms with Crippen LogP contribution >= 0.6 is 0 Å². The highest BCUT2D eigenvalue weighted by atomic mass is 16.5. The van der Waals surface area contributed by atoms with Crippen molar-refractivity contribution in [3.05, 3.63) is 53.7 Å². The molecule has 0 fully saturated rings. The number of hydrogen-bond donors (Lipinski definition) is 0. The van der Waals surface area contributed by atoms with E-state index in [9.17, 15) is 0 Å². The van der Waals surface area contributed by atoms with Crippen molar-refractivity contribution in [3.63, 3.8) is 0 Å². The maximum atomic E-state index is 5.71. The van der Waals surface area contributed by atoms with E-state index in [1.807, 2.05) is 24.4 Å². The summed E-state index contributed by atoms with van der Waals surface area (Å²) in [5, 5.41) is 0. The van der Waals surface area contributed by atoms with Crippen molar-refractivity contribution in [1.82, 2.24) is 4.98 Å². The number of rotatable bonds is 1. The molecular weight excluding hydrogens is 198 g/mol.